The first kappa shape index (κ1) is 21.2. The molecule has 7 heteroatoms. The van der Waals surface area contributed by atoms with Crippen molar-refractivity contribution >= 4 is 11.9 Å². The van der Waals surface area contributed by atoms with E-state index < -0.39 is 0 Å². The number of benzene rings is 1. The van der Waals surface area contributed by atoms with Crippen molar-refractivity contribution < 1.29 is 9.53 Å². The molecule has 0 aliphatic carbocycles. The second-order valence-corrected chi connectivity index (χ2v) is 6.25. The lowest BCUT2D eigenvalue weighted by molar-refractivity contribution is -0.128. The van der Waals surface area contributed by atoms with E-state index in [0.717, 1.165) is 23.4 Å². The number of amides is 1. The van der Waals surface area contributed by atoms with Crippen molar-refractivity contribution in [1.29, 1.82) is 0 Å². The zero-order valence-electron chi connectivity index (χ0n) is 16.8. The average molecular weight is 383 g/mol. The number of aromatic nitrogens is 1. The van der Waals surface area contributed by atoms with E-state index in [1.165, 1.54) is 0 Å². The maximum absolute atomic E-state index is 12.4. The molecule has 0 aliphatic heterocycles. The fourth-order valence-electron chi connectivity index (χ4n) is 2.59. The lowest BCUT2D eigenvalue weighted by atomic mass is 10.2. The van der Waals surface area contributed by atoms with E-state index in [0.29, 0.717) is 25.6 Å². The van der Waals surface area contributed by atoms with Crippen molar-refractivity contribution in [3.05, 3.63) is 59.9 Å². The van der Waals surface area contributed by atoms with Gasteiger partial charge in [0.2, 0.25) is 5.91 Å². The van der Waals surface area contributed by atoms with Crippen LogP contribution in [0.15, 0.2) is 53.7 Å². The molecular weight excluding hydrogens is 354 g/mol. The molecule has 150 valence electrons. The van der Waals surface area contributed by atoms with Gasteiger partial charge in [-0.1, -0.05) is 24.3 Å². The summed E-state index contributed by atoms with van der Waals surface area (Å²) in [6.07, 6.45) is 2.49. The van der Waals surface area contributed by atoms with Crippen LogP contribution in [0.5, 0.6) is 5.75 Å². The van der Waals surface area contributed by atoms with Crippen molar-refractivity contribution in [2.75, 3.05) is 33.8 Å². The predicted molar refractivity (Wildman–Crippen MR) is 111 cm³/mol. The number of likely N-dealkylation sites (N-methyl/N-ethyl adjacent to an activating group) is 1. The van der Waals surface area contributed by atoms with Crippen molar-refractivity contribution in [2.45, 2.75) is 19.9 Å². The Hall–Kier alpha value is -3.09. The number of nitrogens with one attached hydrogen (secondary N) is 2. The van der Waals surface area contributed by atoms with Crippen molar-refractivity contribution in [3.8, 4) is 5.75 Å². The molecule has 2 rings (SSSR count). The van der Waals surface area contributed by atoms with E-state index >= 15 is 0 Å². The Balaban J connectivity index is 1.86. The molecular formula is C21H29N5O2. The molecule has 0 aliphatic rings. The number of aliphatic imine (C=N–C) groups is 1. The highest BCUT2D eigenvalue weighted by molar-refractivity contribution is 5.86. The summed E-state index contributed by atoms with van der Waals surface area (Å²) in [4.78, 5) is 22.9. The third-order valence-corrected chi connectivity index (χ3v) is 4.21. The van der Waals surface area contributed by atoms with Gasteiger partial charge >= 0.3 is 0 Å². The van der Waals surface area contributed by atoms with E-state index in [4.69, 9.17) is 4.74 Å². The van der Waals surface area contributed by atoms with Gasteiger partial charge in [-0.15, -0.1) is 0 Å². The Morgan fingerprint density at radius 3 is 2.68 bits per heavy atom. The van der Waals surface area contributed by atoms with E-state index in [2.05, 4.69) is 20.6 Å². The third kappa shape index (κ3) is 6.90. The molecule has 1 amide bonds. The number of guanidine groups is 1. The summed E-state index contributed by atoms with van der Waals surface area (Å²) in [6.45, 7) is 3.95. The highest BCUT2D eigenvalue weighted by Crippen LogP contribution is 2.17. The van der Waals surface area contributed by atoms with Crippen LogP contribution in [0, 0.1) is 0 Å². The molecule has 0 fully saturated rings. The maximum Gasteiger partial charge on any atom is 0.241 e. The normalized spacial score (nSPS) is 11.0. The molecule has 0 spiro atoms. The minimum absolute atomic E-state index is 0.00109. The maximum atomic E-state index is 12.4. The van der Waals surface area contributed by atoms with Crippen LogP contribution in [0.4, 0.5) is 0 Å². The quantitative estimate of drug-likeness (QED) is 0.510. The standard InChI is InChI=1S/C21H29N5O2/c1-4-22-21(24-15-17-9-5-6-11-19(17)28-3)25-16-20(27)26(2)14-12-18-10-7-8-13-23-18/h5-11,13H,4,12,14-16H2,1-3H3,(H2,22,24,25). The molecule has 7 nitrogen and oxygen atoms in total. The molecule has 0 radical (unpaired) electrons. The first-order valence-electron chi connectivity index (χ1n) is 9.42. The molecule has 1 aromatic heterocycles. The zero-order chi connectivity index (χ0) is 20.2. The van der Waals surface area contributed by atoms with Crippen LogP contribution in [-0.2, 0) is 17.8 Å². The van der Waals surface area contributed by atoms with Gasteiger partial charge < -0.3 is 20.3 Å². The van der Waals surface area contributed by atoms with Gasteiger partial charge in [0.05, 0.1) is 20.2 Å². The van der Waals surface area contributed by atoms with E-state index in [-0.39, 0.29) is 12.5 Å². The largest absolute Gasteiger partial charge is 0.496 e. The topological polar surface area (TPSA) is 78.9 Å². The lowest BCUT2D eigenvalue weighted by Crippen LogP contribution is -2.44. The fourth-order valence-corrected chi connectivity index (χ4v) is 2.59. The monoisotopic (exact) mass is 383 g/mol. The third-order valence-electron chi connectivity index (χ3n) is 4.21. The van der Waals surface area contributed by atoms with Crippen LogP contribution >= 0.6 is 0 Å². The van der Waals surface area contributed by atoms with E-state index in [1.54, 1.807) is 25.3 Å². The summed E-state index contributed by atoms with van der Waals surface area (Å²) in [5.41, 5.74) is 1.96. The fraction of sp³-hybridized carbons (Fsp3) is 0.381. The van der Waals surface area contributed by atoms with Crippen molar-refractivity contribution in [2.24, 2.45) is 4.99 Å². The Bertz CT molecular complexity index is 764. The molecule has 0 unspecified atom stereocenters. The Morgan fingerprint density at radius 1 is 1.18 bits per heavy atom. The second kappa shape index (κ2) is 11.6. The average Bonchev–Trinajstić information content (AvgIpc) is 2.74. The number of carbonyl (C=O) groups excluding carboxylic acids is 1. The lowest BCUT2D eigenvalue weighted by Gasteiger charge is -2.18. The highest BCUT2D eigenvalue weighted by atomic mass is 16.5. The molecule has 0 saturated heterocycles. The SMILES string of the molecule is CCNC(=NCc1ccccc1OC)NCC(=O)N(C)CCc1ccccn1. The minimum Gasteiger partial charge on any atom is -0.496 e. The smallest absolute Gasteiger partial charge is 0.241 e. The van der Waals surface area contributed by atoms with Gasteiger partial charge in [-0.3, -0.25) is 9.78 Å². The Labute approximate surface area is 166 Å². The molecule has 2 aromatic rings. The first-order valence-corrected chi connectivity index (χ1v) is 9.42. The number of pyridine rings is 1. The molecule has 2 N–H and O–H groups in total. The summed E-state index contributed by atoms with van der Waals surface area (Å²) in [6, 6.07) is 13.6. The Kier molecular flexibility index (Phi) is 8.78. The van der Waals surface area contributed by atoms with Crippen LogP contribution in [0.2, 0.25) is 0 Å². The summed E-state index contributed by atoms with van der Waals surface area (Å²) in [5, 5.41) is 6.26. The van der Waals surface area contributed by atoms with Gasteiger partial charge in [0.15, 0.2) is 5.96 Å². The van der Waals surface area contributed by atoms with Gasteiger partial charge in [-0.05, 0) is 25.1 Å². The van der Waals surface area contributed by atoms with Crippen LogP contribution in [-0.4, -0.2) is 55.5 Å². The number of para-hydroxylation sites is 1. The summed E-state index contributed by atoms with van der Waals surface area (Å²) in [5.74, 6) is 1.39. The number of rotatable bonds is 9. The summed E-state index contributed by atoms with van der Waals surface area (Å²) >= 11 is 0. The minimum atomic E-state index is -0.00109. The molecule has 0 saturated carbocycles. The van der Waals surface area contributed by atoms with Crippen LogP contribution in [0.3, 0.4) is 0 Å². The van der Waals surface area contributed by atoms with Gasteiger partial charge in [0.1, 0.15) is 5.75 Å². The molecule has 0 atom stereocenters. The summed E-state index contributed by atoms with van der Waals surface area (Å²) < 4.78 is 5.35. The molecule has 1 heterocycles. The zero-order valence-corrected chi connectivity index (χ0v) is 16.8. The Morgan fingerprint density at radius 2 is 1.96 bits per heavy atom. The van der Waals surface area contributed by atoms with E-state index in [1.807, 2.05) is 49.4 Å². The molecule has 28 heavy (non-hydrogen) atoms. The summed E-state index contributed by atoms with van der Waals surface area (Å²) in [7, 11) is 3.44. The number of hydrogen-bond donors (Lipinski definition) is 2. The van der Waals surface area contributed by atoms with Crippen LogP contribution in [0.1, 0.15) is 18.2 Å². The van der Waals surface area contributed by atoms with Crippen LogP contribution < -0.4 is 15.4 Å². The van der Waals surface area contributed by atoms with E-state index in [9.17, 15) is 4.79 Å². The first-order chi connectivity index (χ1) is 13.6. The number of nitrogens with zero attached hydrogens (tertiary/aromatic N) is 3. The van der Waals surface area contributed by atoms with Gasteiger partial charge in [0, 0.05) is 44.0 Å². The number of hydrogen-bond acceptors (Lipinski definition) is 4. The predicted octanol–water partition coefficient (Wildman–Crippen LogP) is 1.85. The van der Waals surface area contributed by atoms with Crippen molar-refractivity contribution in [3.63, 3.8) is 0 Å². The number of carbonyl (C=O) groups is 1. The van der Waals surface area contributed by atoms with Crippen molar-refractivity contribution in [1.82, 2.24) is 20.5 Å². The van der Waals surface area contributed by atoms with Crippen LogP contribution in [0.25, 0.3) is 0 Å². The van der Waals surface area contributed by atoms with Gasteiger partial charge in [-0.25, -0.2) is 4.99 Å². The molecule has 1 aromatic carbocycles. The number of ether oxygens (including phenoxy) is 1. The van der Waals surface area contributed by atoms with Gasteiger partial charge in [0.25, 0.3) is 0 Å². The number of methoxy groups -OCH3 is 1. The molecule has 0 bridgehead atoms. The second-order valence-electron chi connectivity index (χ2n) is 6.25. The highest BCUT2D eigenvalue weighted by Gasteiger charge is 2.10. The van der Waals surface area contributed by atoms with Gasteiger partial charge in [-0.2, -0.15) is 0 Å².